The van der Waals surface area contributed by atoms with Crippen molar-refractivity contribution >= 4 is 43.1 Å². The summed E-state index contributed by atoms with van der Waals surface area (Å²) in [5, 5.41) is 2.13. The number of hydrogen-bond donors (Lipinski definition) is 0. The molecule has 0 N–H and O–H groups in total. The molecule has 4 rings (SSSR count). The zero-order chi connectivity index (χ0) is 14.4. The molecule has 0 saturated heterocycles. The van der Waals surface area contributed by atoms with Crippen LogP contribution in [0.15, 0.2) is 36.4 Å². The molecule has 0 bridgehead atoms. The molecule has 0 spiro atoms. The van der Waals surface area contributed by atoms with Crippen molar-refractivity contribution in [1.29, 1.82) is 0 Å². The first-order valence-corrected chi connectivity index (χ1v) is 8.19. The van der Waals surface area contributed by atoms with Crippen LogP contribution in [0.25, 0.3) is 31.0 Å². The summed E-state index contributed by atoms with van der Waals surface area (Å²) >= 11 is 3.46. The monoisotopic (exact) mass is 312 g/mol. The smallest absolute Gasteiger partial charge is 0.124 e. The van der Waals surface area contributed by atoms with Crippen LogP contribution in [0.3, 0.4) is 0 Å². The van der Waals surface area contributed by atoms with Gasteiger partial charge in [-0.25, -0.2) is 9.97 Å². The molecule has 21 heavy (non-hydrogen) atoms. The first kappa shape index (κ1) is 12.7. The Morgan fingerprint density at radius 3 is 2.24 bits per heavy atom. The minimum atomic E-state index is 0.861. The highest BCUT2D eigenvalue weighted by molar-refractivity contribution is 7.28. The van der Waals surface area contributed by atoms with E-state index in [1.165, 1.54) is 9.40 Å². The van der Waals surface area contributed by atoms with E-state index in [9.17, 15) is 0 Å². The van der Waals surface area contributed by atoms with Gasteiger partial charge in [-0.2, -0.15) is 0 Å². The van der Waals surface area contributed by atoms with Crippen molar-refractivity contribution in [3.8, 4) is 16.3 Å². The molecule has 0 amide bonds. The highest BCUT2D eigenvalue weighted by atomic mass is 32.1. The van der Waals surface area contributed by atoms with Gasteiger partial charge in [0.15, 0.2) is 0 Å². The molecule has 0 fully saturated rings. The second kappa shape index (κ2) is 4.79. The lowest BCUT2D eigenvalue weighted by atomic mass is 10.2. The summed E-state index contributed by atoms with van der Waals surface area (Å²) in [6, 6.07) is 12.1. The number of thiazole rings is 2. The van der Waals surface area contributed by atoms with Crippen LogP contribution in [0.2, 0.25) is 0 Å². The Balaban J connectivity index is 1.91. The van der Waals surface area contributed by atoms with E-state index in [1.54, 1.807) is 29.8 Å². The van der Waals surface area contributed by atoms with Crippen molar-refractivity contribution in [2.75, 3.05) is 7.11 Å². The standard InChI is InChI=1S/C16H12N2OS2/c1-9-17-12-7-8-13-15(14(12)20-9)21-16(18-13)10-3-5-11(19-2)6-4-10/h3-8H,1-2H3. The molecule has 3 nitrogen and oxygen atoms in total. The minimum Gasteiger partial charge on any atom is -0.497 e. The second-order valence-electron chi connectivity index (χ2n) is 4.74. The summed E-state index contributed by atoms with van der Waals surface area (Å²) in [7, 11) is 1.68. The molecular formula is C16H12N2OS2. The number of rotatable bonds is 2. The average molecular weight is 312 g/mol. The molecule has 0 aliphatic carbocycles. The molecule has 2 heterocycles. The third-order valence-corrected chi connectivity index (χ3v) is 5.63. The molecular weight excluding hydrogens is 300 g/mol. The van der Waals surface area contributed by atoms with Crippen LogP contribution in [0.4, 0.5) is 0 Å². The quantitative estimate of drug-likeness (QED) is 0.528. The van der Waals surface area contributed by atoms with Crippen molar-refractivity contribution in [2.45, 2.75) is 6.92 Å². The molecule has 2 aromatic heterocycles. The molecule has 0 saturated carbocycles. The van der Waals surface area contributed by atoms with Gasteiger partial charge in [-0.1, -0.05) is 0 Å². The maximum atomic E-state index is 5.20. The van der Waals surface area contributed by atoms with E-state index in [1.807, 2.05) is 31.2 Å². The van der Waals surface area contributed by atoms with E-state index >= 15 is 0 Å². The number of hydrogen-bond acceptors (Lipinski definition) is 5. The zero-order valence-corrected chi connectivity index (χ0v) is 13.2. The fraction of sp³-hybridized carbons (Fsp3) is 0.125. The summed E-state index contributed by atoms with van der Waals surface area (Å²) in [4.78, 5) is 9.30. The third kappa shape index (κ3) is 2.09. The van der Waals surface area contributed by atoms with Crippen LogP contribution >= 0.6 is 22.7 Å². The summed E-state index contributed by atoms with van der Waals surface area (Å²) < 4.78 is 7.66. The molecule has 5 heteroatoms. The maximum absolute atomic E-state index is 5.20. The third-order valence-electron chi connectivity index (χ3n) is 3.36. The number of fused-ring (bicyclic) bond motifs is 3. The lowest BCUT2D eigenvalue weighted by molar-refractivity contribution is 0.415. The summed E-state index contributed by atoms with van der Waals surface area (Å²) in [6.45, 7) is 2.04. The van der Waals surface area contributed by atoms with Crippen molar-refractivity contribution < 1.29 is 4.74 Å². The average Bonchev–Trinajstić information content (AvgIpc) is 3.09. The Kier molecular flexibility index (Phi) is 2.90. The number of ether oxygens (including phenoxy) is 1. The Labute approximate surface area is 129 Å². The number of aryl methyl sites for hydroxylation is 1. The normalized spacial score (nSPS) is 11.3. The number of aromatic nitrogens is 2. The van der Waals surface area contributed by atoms with Crippen LogP contribution in [-0.4, -0.2) is 17.1 Å². The van der Waals surface area contributed by atoms with E-state index in [-0.39, 0.29) is 0 Å². The van der Waals surface area contributed by atoms with Crippen LogP contribution in [-0.2, 0) is 0 Å². The zero-order valence-electron chi connectivity index (χ0n) is 11.6. The highest BCUT2D eigenvalue weighted by Crippen LogP contribution is 2.37. The Morgan fingerprint density at radius 2 is 1.52 bits per heavy atom. The fourth-order valence-corrected chi connectivity index (χ4v) is 4.45. The van der Waals surface area contributed by atoms with Crippen LogP contribution in [0.1, 0.15) is 5.01 Å². The molecule has 0 aliphatic heterocycles. The van der Waals surface area contributed by atoms with Gasteiger partial charge < -0.3 is 4.74 Å². The van der Waals surface area contributed by atoms with Gasteiger partial charge in [-0.15, -0.1) is 22.7 Å². The van der Waals surface area contributed by atoms with E-state index in [0.717, 1.165) is 32.4 Å². The molecule has 104 valence electrons. The summed E-state index contributed by atoms with van der Waals surface area (Å²) in [5.41, 5.74) is 3.23. The summed E-state index contributed by atoms with van der Waals surface area (Å²) in [5.74, 6) is 0.861. The largest absolute Gasteiger partial charge is 0.497 e. The Morgan fingerprint density at radius 1 is 0.857 bits per heavy atom. The lowest BCUT2D eigenvalue weighted by Crippen LogP contribution is -1.82. The molecule has 0 radical (unpaired) electrons. The van der Waals surface area contributed by atoms with Gasteiger partial charge in [0, 0.05) is 5.56 Å². The molecule has 0 aliphatic rings. The topological polar surface area (TPSA) is 35.0 Å². The highest BCUT2D eigenvalue weighted by Gasteiger charge is 2.11. The van der Waals surface area contributed by atoms with E-state index < -0.39 is 0 Å². The van der Waals surface area contributed by atoms with E-state index in [0.29, 0.717) is 0 Å². The van der Waals surface area contributed by atoms with Crippen molar-refractivity contribution in [2.24, 2.45) is 0 Å². The van der Waals surface area contributed by atoms with Gasteiger partial charge in [0.25, 0.3) is 0 Å². The van der Waals surface area contributed by atoms with E-state index in [4.69, 9.17) is 9.72 Å². The van der Waals surface area contributed by atoms with Gasteiger partial charge in [-0.3, -0.25) is 0 Å². The van der Waals surface area contributed by atoms with Crippen LogP contribution < -0.4 is 4.74 Å². The van der Waals surface area contributed by atoms with E-state index in [2.05, 4.69) is 17.1 Å². The molecule has 2 aromatic carbocycles. The van der Waals surface area contributed by atoms with Crippen molar-refractivity contribution in [3.05, 3.63) is 41.4 Å². The number of methoxy groups -OCH3 is 1. The van der Waals surface area contributed by atoms with Gasteiger partial charge in [0.2, 0.25) is 0 Å². The first-order chi connectivity index (χ1) is 10.2. The summed E-state index contributed by atoms with van der Waals surface area (Å²) in [6.07, 6.45) is 0. The molecule has 0 atom stereocenters. The van der Waals surface area contributed by atoms with Gasteiger partial charge in [0.05, 0.1) is 32.6 Å². The maximum Gasteiger partial charge on any atom is 0.124 e. The van der Waals surface area contributed by atoms with Gasteiger partial charge in [0.1, 0.15) is 10.8 Å². The predicted molar refractivity (Wildman–Crippen MR) is 89.5 cm³/mol. The lowest BCUT2D eigenvalue weighted by Gasteiger charge is -1.99. The van der Waals surface area contributed by atoms with Crippen LogP contribution in [0, 0.1) is 6.92 Å². The SMILES string of the molecule is COc1ccc(-c2nc3ccc4nc(C)sc4c3s2)cc1. The molecule has 4 aromatic rings. The minimum absolute atomic E-state index is 0.861. The predicted octanol–water partition coefficient (Wildman–Crippen LogP) is 4.89. The van der Waals surface area contributed by atoms with Gasteiger partial charge >= 0.3 is 0 Å². The fourth-order valence-electron chi connectivity index (χ4n) is 2.34. The second-order valence-corrected chi connectivity index (χ2v) is 6.94. The van der Waals surface area contributed by atoms with Crippen LogP contribution in [0.5, 0.6) is 5.75 Å². The Bertz CT molecular complexity index is 938. The van der Waals surface area contributed by atoms with Crippen molar-refractivity contribution in [3.63, 3.8) is 0 Å². The number of nitrogens with zero attached hydrogens (tertiary/aromatic N) is 2. The van der Waals surface area contributed by atoms with Crippen molar-refractivity contribution in [1.82, 2.24) is 9.97 Å². The first-order valence-electron chi connectivity index (χ1n) is 6.56. The Hall–Kier alpha value is -1.98. The number of benzene rings is 2. The molecule has 0 unspecified atom stereocenters. The van der Waals surface area contributed by atoms with Gasteiger partial charge in [-0.05, 0) is 43.3 Å².